The lowest BCUT2D eigenvalue weighted by Crippen LogP contribution is -2.21. The lowest BCUT2D eigenvalue weighted by molar-refractivity contribution is -0.119. The molecule has 0 radical (unpaired) electrons. The third kappa shape index (κ3) is 4.74. The van der Waals surface area contributed by atoms with Crippen LogP contribution in [0.25, 0.3) is 0 Å². The maximum atomic E-state index is 12.1. The summed E-state index contributed by atoms with van der Waals surface area (Å²) in [7, 11) is 2.97. The molecule has 1 N–H and O–H groups in total. The minimum Gasteiger partial charge on any atom is -0.497 e. The van der Waals surface area contributed by atoms with Crippen molar-refractivity contribution >= 4 is 17.6 Å². The van der Waals surface area contributed by atoms with Crippen molar-refractivity contribution in [2.75, 3.05) is 26.1 Å². The number of aryl methyl sites for hydroxylation is 1. The van der Waals surface area contributed by atoms with Gasteiger partial charge in [-0.05, 0) is 31.2 Å². The van der Waals surface area contributed by atoms with Crippen LogP contribution in [0.15, 0.2) is 42.5 Å². The number of methoxy groups -OCH3 is 2. The standard InChI is InChI=1S/C18H19NO5/c1-12-4-6-14(7-5-12)19-17(20)11-24-18(21)13-8-15(22-2)10-16(9-13)23-3/h4-10H,11H2,1-3H3,(H,19,20). The second-order valence-corrected chi connectivity index (χ2v) is 5.09. The highest BCUT2D eigenvalue weighted by atomic mass is 16.5. The fourth-order valence-corrected chi connectivity index (χ4v) is 1.97. The van der Waals surface area contributed by atoms with E-state index in [9.17, 15) is 9.59 Å². The molecule has 126 valence electrons. The molecule has 2 aromatic carbocycles. The molecule has 0 aromatic heterocycles. The second kappa shape index (κ2) is 8.01. The van der Waals surface area contributed by atoms with Gasteiger partial charge in [0.15, 0.2) is 6.61 Å². The van der Waals surface area contributed by atoms with Gasteiger partial charge in [-0.2, -0.15) is 0 Å². The van der Waals surface area contributed by atoms with Gasteiger partial charge in [0, 0.05) is 11.8 Å². The molecule has 0 heterocycles. The Hall–Kier alpha value is -3.02. The molecule has 6 heteroatoms. The largest absolute Gasteiger partial charge is 0.497 e. The van der Waals surface area contributed by atoms with Gasteiger partial charge >= 0.3 is 5.97 Å². The number of hydrogen-bond acceptors (Lipinski definition) is 5. The summed E-state index contributed by atoms with van der Waals surface area (Å²) in [5, 5.41) is 2.66. The molecule has 0 aliphatic heterocycles. The third-order valence-electron chi connectivity index (χ3n) is 3.26. The molecular formula is C18H19NO5. The Labute approximate surface area is 140 Å². The summed E-state index contributed by atoms with van der Waals surface area (Å²) in [6, 6.07) is 12.0. The van der Waals surface area contributed by atoms with Crippen LogP contribution in [0, 0.1) is 6.92 Å². The number of esters is 1. The number of ether oxygens (including phenoxy) is 3. The first-order valence-electron chi connectivity index (χ1n) is 7.28. The zero-order valence-corrected chi connectivity index (χ0v) is 13.8. The summed E-state index contributed by atoms with van der Waals surface area (Å²) in [5.74, 6) is -0.121. The van der Waals surface area contributed by atoms with E-state index in [1.165, 1.54) is 26.4 Å². The molecule has 0 saturated carbocycles. The number of hydrogen-bond donors (Lipinski definition) is 1. The average Bonchev–Trinajstić information content (AvgIpc) is 2.61. The van der Waals surface area contributed by atoms with Gasteiger partial charge in [-0.25, -0.2) is 4.79 Å². The van der Waals surface area contributed by atoms with Crippen LogP contribution in [0.5, 0.6) is 11.5 Å². The van der Waals surface area contributed by atoms with E-state index >= 15 is 0 Å². The van der Waals surface area contributed by atoms with E-state index in [-0.39, 0.29) is 12.2 Å². The van der Waals surface area contributed by atoms with Crippen LogP contribution in [0.4, 0.5) is 5.69 Å². The molecule has 0 spiro atoms. The van der Waals surface area contributed by atoms with E-state index in [0.29, 0.717) is 17.2 Å². The van der Waals surface area contributed by atoms with Gasteiger partial charge < -0.3 is 19.5 Å². The molecule has 2 aromatic rings. The average molecular weight is 329 g/mol. The van der Waals surface area contributed by atoms with Crippen LogP contribution in [0.1, 0.15) is 15.9 Å². The smallest absolute Gasteiger partial charge is 0.338 e. The van der Waals surface area contributed by atoms with Crippen molar-refractivity contribution in [2.45, 2.75) is 6.92 Å². The van der Waals surface area contributed by atoms with Crippen molar-refractivity contribution in [3.05, 3.63) is 53.6 Å². The first-order chi connectivity index (χ1) is 11.5. The summed E-state index contributed by atoms with van der Waals surface area (Å²) in [6.07, 6.45) is 0. The number of anilines is 1. The number of carbonyl (C=O) groups excluding carboxylic acids is 2. The van der Waals surface area contributed by atoms with Crippen molar-refractivity contribution in [1.82, 2.24) is 0 Å². The molecule has 0 fully saturated rings. The van der Waals surface area contributed by atoms with Gasteiger partial charge in [-0.3, -0.25) is 4.79 Å². The first kappa shape index (κ1) is 17.3. The predicted octanol–water partition coefficient (Wildman–Crippen LogP) is 2.81. The van der Waals surface area contributed by atoms with Crippen molar-refractivity contribution < 1.29 is 23.8 Å². The predicted molar refractivity (Wildman–Crippen MR) is 89.6 cm³/mol. The van der Waals surface area contributed by atoms with Gasteiger partial charge in [0.1, 0.15) is 11.5 Å². The molecule has 0 saturated heterocycles. The number of rotatable bonds is 6. The van der Waals surface area contributed by atoms with Crippen LogP contribution in [0.3, 0.4) is 0 Å². The number of amides is 1. The van der Waals surface area contributed by atoms with Crippen molar-refractivity contribution in [2.24, 2.45) is 0 Å². The van der Waals surface area contributed by atoms with E-state index in [1.54, 1.807) is 18.2 Å². The van der Waals surface area contributed by atoms with E-state index in [1.807, 2.05) is 19.1 Å². The number of nitrogens with one attached hydrogen (secondary N) is 1. The molecule has 0 bridgehead atoms. The molecule has 0 aliphatic rings. The fourth-order valence-electron chi connectivity index (χ4n) is 1.97. The summed E-state index contributed by atoms with van der Waals surface area (Å²) in [6.45, 7) is 1.57. The van der Waals surface area contributed by atoms with Crippen molar-refractivity contribution in [3.63, 3.8) is 0 Å². The highest BCUT2D eigenvalue weighted by molar-refractivity contribution is 5.95. The lowest BCUT2D eigenvalue weighted by Gasteiger charge is -2.09. The zero-order valence-electron chi connectivity index (χ0n) is 13.8. The van der Waals surface area contributed by atoms with Crippen LogP contribution in [-0.2, 0) is 9.53 Å². The second-order valence-electron chi connectivity index (χ2n) is 5.09. The summed E-state index contributed by atoms with van der Waals surface area (Å²) in [5.41, 5.74) is 1.98. The Morgan fingerprint density at radius 2 is 1.54 bits per heavy atom. The van der Waals surface area contributed by atoms with Gasteiger partial charge in [-0.1, -0.05) is 17.7 Å². The molecule has 24 heavy (non-hydrogen) atoms. The SMILES string of the molecule is COc1cc(OC)cc(C(=O)OCC(=O)Nc2ccc(C)cc2)c1. The Kier molecular flexibility index (Phi) is 5.78. The molecule has 6 nitrogen and oxygen atoms in total. The summed E-state index contributed by atoms with van der Waals surface area (Å²) >= 11 is 0. The minimum absolute atomic E-state index is 0.245. The van der Waals surface area contributed by atoms with Crippen molar-refractivity contribution in [3.8, 4) is 11.5 Å². The quantitative estimate of drug-likeness (QED) is 0.825. The van der Waals surface area contributed by atoms with E-state index in [4.69, 9.17) is 14.2 Å². The van der Waals surface area contributed by atoms with E-state index in [2.05, 4.69) is 5.32 Å². The Bertz CT molecular complexity index is 702. The Morgan fingerprint density at radius 3 is 2.08 bits per heavy atom. The minimum atomic E-state index is -0.633. The van der Waals surface area contributed by atoms with E-state index < -0.39 is 11.9 Å². The molecule has 0 atom stereocenters. The summed E-state index contributed by atoms with van der Waals surface area (Å²) < 4.78 is 15.2. The first-order valence-corrected chi connectivity index (χ1v) is 7.28. The molecule has 1 amide bonds. The normalized spacial score (nSPS) is 9.96. The van der Waals surface area contributed by atoms with Crippen LogP contribution in [0.2, 0.25) is 0 Å². The highest BCUT2D eigenvalue weighted by Gasteiger charge is 2.13. The molecular weight excluding hydrogens is 310 g/mol. The highest BCUT2D eigenvalue weighted by Crippen LogP contribution is 2.23. The van der Waals surface area contributed by atoms with Gasteiger partial charge in [0.05, 0.1) is 19.8 Å². The Balaban J connectivity index is 1.94. The molecule has 0 unspecified atom stereocenters. The topological polar surface area (TPSA) is 73.9 Å². The number of benzene rings is 2. The maximum Gasteiger partial charge on any atom is 0.338 e. The van der Waals surface area contributed by atoms with Crippen LogP contribution in [-0.4, -0.2) is 32.7 Å². The van der Waals surface area contributed by atoms with Gasteiger partial charge in [-0.15, -0.1) is 0 Å². The van der Waals surface area contributed by atoms with Gasteiger partial charge in [0.2, 0.25) is 0 Å². The Morgan fingerprint density at radius 1 is 0.958 bits per heavy atom. The fraction of sp³-hybridized carbons (Fsp3) is 0.222. The van der Waals surface area contributed by atoms with Crippen LogP contribution >= 0.6 is 0 Å². The van der Waals surface area contributed by atoms with E-state index in [0.717, 1.165) is 5.56 Å². The number of carbonyl (C=O) groups is 2. The monoisotopic (exact) mass is 329 g/mol. The molecule has 0 aliphatic carbocycles. The van der Waals surface area contributed by atoms with Crippen LogP contribution < -0.4 is 14.8 Å². The third-order valence-corrected chi connectivity index (χ3v) is 3.26. The maximum absolute atomic E-state index is 12.1. The zero-order chi connectivity index (χ0) is 17.5. The summed E-state index contributed by atoms with van der Waals surface area (Å²) in [4.78, 5) is 23.9. The lowest BCUT2D eigenvalue weighted by atomic mass is 10.2. The van der Waals surface area contributed by atoms with Gasteiger partial charge in [0.25, 0.3) is 5.91 Å². The molecule has 2 rings (SSSR count). The van der Waals surface area contributed by atoms with Crippen molar-refractivity contribution in [1.29, 1.82) is 0 Å².